The van der Waals surface area contributed by atoms with E-state index in [4.69, 9.17) is 9.47 Å². The SMILES string of the molecule is COc1cccc2c1nc(C(F)F)n2-c1nc(N2CCOCC2)nc(N2CCC(N(C)C(=O)O)CC2)n1. The van der Waals surface area contributed by atoms with Crippen LogP contribution >= 0.6 is 0 Å². The molecular formula is C23H28F2N8O4. The molecule has 12 nitrogen and oxygen atoms in total. The number of nitrogens with zero attached hydrogens (tertiary/aromatic N) is 8. The summed E-state index contributed by atoms with van der Waals surface area (Å²) in [6.07, 6.45) is -2.68. The highest BCUT2D eigenvalue weighted by Gasteiger charge is 2.29. The van der Waals surface area contributed by atoms with Crippen LogP contribution in [0.5, 0.6) is 5.75 Å². The second-order valence-electron chi connectivity index (χ2n) is 8.88. The fourth-order valence-electron chi connectivity index (χ4n) is 4.71. The minimum absolute atomic E-state index is 0.0299. The lowest BCUT2D eigenvalue weighted by Gasteiger charge is -2.36. The second kappa shape index (κ2) is 10.3. The summed E-state index contributed by atoms with van der Waals surface area (Å²) in [6, 6.07) is 4.90. The second-order valence-corrected chi connectivity index (χ2v) is 8.88. The molecule has 37 heavy (non-hydrogen) atoms. The largest absolute Gasteiger partial charge is 0.494 e. The van der Waals surface area contributed by atoms with E-state index in [-0.39, 0.29) is 17.5 Å². The van der Waals surface area contributed by atoms with Crippen molar-refractivity contribution in [3.63, 3.8) is 0 Å². The van der Waals surface area contributed by atoms with Gasteiger partial charge in [-0.25, -0.2) is 18.6 Å². The highest BCUT2D eigenvalue weighted by molar-refractivity contribution is 5.84. The fourth-order valence-corrected chi connectivity index (χ4v) is 4.71. The predicted molar refractivity (Wildman–Crippen MR) is 130 cm³/mol. The van der Waals surface area contributed by atoms with Gasteiger partial charge in [-0.1, -0.05) is 6.07 Å². The van der Waals surface area contributed by atoms with Crippen molar-refractivity contribution in [1.82, 2.24) is 29.4 Å². The van der Waals surface area contributed by atoms with E-state index >= 15 is 0 Å². The highest BCUT2D eigenvalue weighted by Crippen LogP contribution is 2.32. The zero-order valence-electron chi connectivity index (χ0n) is 20.5. The van der Waals surface area contributed by atoms with Crippen LogP contribution in [0.25, 0.3) is 17.0 Å². The van der Waals surface area contributed by atoms with Crippen LogP contribution in [0.4, 0.5) is 25.5 Å². The Morgan fingerprint density at radius 1 is 1.05 bits per heavy atom. The fraction of sp³-hybridized carbons (Fsp3) is 0.522. The molecular weight excluding hydrogens is 490 g/mol. The Morgan fingerprint density at radius 3 is 2.27 bits per heavy atom. The summed E-state index contributed by atoms with van der Waals surface area (Å²) < 4.78 is 40.4. The lowest BCUT2D eigenvalue weighted by molar-refractivity contribution is 0.122. The van der Waals surface area contributed by atoms with Crippen LogP contribution in [0.1, 0.15) is 25.1 Å². The monoisotopic (exact) mass is 518 g/mol. The summed E-state index contributed by atoms with van der Waals surface area (Å²) >= 11 is 0. The average molecular weight is 519 g/mol. The van der Waals surface area contributed by atoms with Crippen molar-refractivity contribution in [2.75, 3.05) is 63.4 Å². The van der Waals surface area contributed by atoms with Crippen LogP contribution in [-0.2, 0) is 4.74 Å². The molecule has 3 aromatic rings. The quantitative estimate of drug-likeness (QED) is 0.521. The molecule has 14 heteroatoms. The number of imidazole rings is 1. The van der Waals surface area contributed by atoms with E-state index in [0.29, 0.717) is 75.4 Å². The van der Waals surface area contributed by atoms with Gasteiger partial charge in [0.15, 0.2) is 5.82 Å². The lowest BCUT2D eigenvalue weighted by atomic mass is 10.0. The molecule has 0 bridgehead atoms. The number of carboxylic acid groups (broad SMARTS) is 1. The lowest BCUT2D eigenvalue weighted by Crippen LogP contribution is -2.46. The minimum Gasteiger partial charge on any atom is -0.494 e. The average Bonchev–Trinajstić information content (AvgIpc) is 3.33. The molecule has 0 aliphatic carbocycles. The number of benzene rings is 1. The summed E-state index contributed by atoms with van der Waals surface area (Å²) in [4.78, 5) is 34.6. The van der Waals surface area contributed by atoms with Gasteiger partial charge in [0.25, 0.3) is 6.43 Å². The maximum absolute atomic E-state index is 14.2. The molecule has 1 aromatic carbocycles. The maximum Gasteiger partial charge on any atom is 0.407 e. The summed E-state index contributed by atoms with van der Waals surface area (Å²) in [5, 5.41) is 9.32. The summed E-state index contributed by atoms with van der Waals surface area (Å²) in [6.45, 7) is 3.11. The molecule has 0 spiro atoms. The van der Waals surface area contributed by atoms with E-state index in [0.717, 1.165) is 0 Å². The predicted octanol–water partition coefficient (Wildman–Crippen LogP) is 2.57. The highest BCUT2D eigenvalue weighted by atomic mass is 19.3. The Bertz CT molecular complexity index is 1280. The number of amides is 1. The number of piperidine rings is 1. The van der Waals surface area contributed by atoms with Gasteiger partial charge in [-0.2, -0.15) is 15.0 Å². The van der Waals surface area contributed by atoms with Crippen LogP contribution in [-0.4, -0.2) is 100 Å². The van der Waals surface area contributed by atoms with Crippen LogP contribution in [0.3, 0.4) is 0 Å². The molecule has 1 amide bonds. The molecule has 2 aromatic heterocycles. The number of fused-ring (bicyclic) bond motifs is 1. The third-order valence-electron chi connectivity index (χ3n) is 6.78. The molecule has 2 saturated heterocycles. The Hall–Kier alpha value is -3.81. The van der Waals surface area contributed by atoms with Gasteiger partial charge in [0.05, 0.1) is 25.8 Å². The molecule has 2 aliphatic rings. The van der Waals surface area contributed by atoms with Crippen LogP contribution in [0.2, 0.25) is 0 Å². The Morgan fingerprint density at radius 2 is 1.68 bits per heavy atom. The molecule has 4 heterocycles. The van der Waals surface area contributed by atoms with Crippen molar-refractivity contribution in [3.8, 4) is 11.7 Å². The van der Waals surface area contributed by atoms with Gasteiger partial charge in [0, 0.05) is 39.3 Å². The Balaban J connectivity index is 1.59. The van der Waals surface area contributed by atoms with Crippen LogP contribution < -0.4 is 14.5 Å². The first kappa shape index (κ1) is 24.9. The molecule has 2 aliphatic heterocycles. The van der Waals surface area contributed by atoms with Crippen molar-refractivity contribution in [2.24, 2.45) is 0 Å². The van der Waals surface area contributed by atoms with Gasteiger partial charge in [0.1, 0.15) is 11.3 Å². The molecule has 1 N–H and O–H groups in total. The standard InChI is InChI=1S/C23H28F2N8O4/c1-30(23(34)35)14-6-8-31(9-7-14)20-27-21(32-10-12-37-13-11-32)29-22(28-20)33-15-4-3-5-16(36-2)17(15)26-19(33)18(24)25/h3-5,14,18H,6-13H2,1-2H3,(H,34,35). The number of aromatic nitrogens is 5. The summed E-state index contributed by atoms with van der Waals surface area (Å²) in [5.74, 6) is 0.602. The van der Waals surface area contributed by atoms with E-state index in [9.17, 15) is 18.7 Å². The van der Waals surface area contributed by atoms with E-state index < -0.39 is 18.3 Å². The van der Waals surface area contributed by atoms with E-state index in [2.05, 4.69) is 19.9 Å². The molecule has 2 fully saturated rings. The first-order valence-corrected chi connectivity index (χ1v) is 12.0. The van der Waals surface area contributed by atoms with Crippen molar-refractivity contribution >= 4 is 29.0 Å². The number of anilines is 2. The number of ether oxygens (including phenoxy) is 2. The summed E-state index contributed by atoms with van der Waals surface area (Å²) in [5.41, 5.74) is 0.675. The number of hydrogen-bond donors (Lipinski definition) is 1. The topological polar surface area (TPSA) is 122 Å². The third kappa shape index (κ3) is 4.80. The number of carbonyl (C=O) groups is 1. The molecule has 0 unspecified atom stereocenters. The van der Waals surface area contributed by atoms with Gasteiger partial charge in [-0.3, -0.25) is 4.57 Å². The van der Waals surface area contributed by atoms with Gasteiger partial charge in [-0.15, -0.1) is 0 Å². The summed E-state index contributed by atoms with van der Waals surface area (Å²) in [7, 11) is 3.02. The maximum atomic E-state index is 14.2. The van der Waals surface area contributed by atoms with E-state index in [1.807, 2.05) is 9.80 Å². The molecule has 0 saturated carbocycles. The third-order valence-corrected chi connectivity index (χ3v) is 6.78. The Kier molecular flexibility index (Phi) is 6.91. The van der Waals surface area contributed by atoms with Crippen LogP contribution in [0, 0.1) is 0 Å². The smallest absolute Gasteiger partial charge is 0.407 e. The van der Waals surface area contributed by atoms with Crippen molar-refractivity contribution in [1.29, 1.82) is 0 Å². The van der Waals surface area contributed by atoms with Gasteiger partial charge in [0.2, 0.25) is 17.8 Å². The van der Waals surface area contributed by atoms with E-state index in [1.54, 1.807) is 25.2 Å². The zero-order chi connectivity index (χ0) is 26.1. The molecule has 198 valence electrons. The van der Waals surface area contributed by atoms with Crippen molar-refractivity contribution in [3.05, 3.63) is 24.0 Å². The number of para-hydroxylation sites is 1. The first-order chi connectivity index (χ1) is 17.9. The number of methoxy groups -OCH3 is 1. The number of hydrogen-bond acceptors (Lipinski definition) is 9. The van der Waals surface area contributed by atoms with E-state index in [1.165, 1.54) is 16.6 Å². The van der Waals surface area contributed by atoms with Gasteiger partial charge < -0.3 is 29.3 Å². The first-order valence-electron chi connectivity index (χ1n) is 12.0. The van der Waals surface area contributed by atoms with Gasteiger partial charge in [-0.05, 0) is 25.0 Å². The van der Waals surface area contributed by atoms with Crippen LogP contribution in [0.15, 0.2) is 18.2 Å². The molecule has 0 atom stereocenters. The number of alkyl halides is 2. The molecule has 0 radical (unpaired) electrons. The minimum atomic E-state index is -2.88. The molecule has 5 rings (SSSR count). The zero-order valence-corrected chi connectivity index (χ0v) is 20.5. The normalized spacial score (nSPS) is 17.0. The number of morpholine rings is 1. The number of halogens is 2. The Labute approximate surface area is 211 Å². The van der Waals surface area contributed by atoms with Crippen molar-refractivity contribution in [2.45, 2.75) is 25.3 Å². The number of rotatable bonds is 6. The van der Waals surface area contributed by atoms with Gasteiger partial charge >= 0.3 is 6.09 Å². The van der Waals surface area contributed by atoms with Crippen molar-refractivity contribution < 1.29 is 28.2 Å².